The molecule has 1 fully saturated rings. The Bertz CT molecular complexity index is 278. The maximum Gasteiger partial charge on any atom is 0.185 e. The fourth-order valence-electron chi connectivity index (χ4n) is 1.39. The van der Waals surface area contributed by atoms with Crippen LogP contribution in [0.15, 0.2) is 6.20 Å². The molecule has 0 saturated carbocycles. The fraction of sp³-hybridized carbons (Fsp3) is 0.500. The highest BCUT2D eigenvalue weighted by Gasteiger charge is 2.14. The average Bonchev–Trinajstić information content (AvgIpc) is 2.75. The Morgan fingerprint density at radius 2 is 2.25 bits per heavy atom. The van der Waals surface area contributed by atoms with Gasteiger partial charge in [0.2, 0.25) is 0 Å². The van der Waals surface area contributed by atoms with Crippen molar-refractivity contribution in [1.82, 2.24) is 4.98 Å². The van der Waals surface area contributed by atoms with Crippen LogP contribution in [0.3, 0.4) is 0 Å². The smallest absolute Gasteiger partial charge is 0.185 e. The fourth-order valence-corrected chi connectivity index (χ4v) is 2.17. The van der Waals surface area contributed by atoms with E-state index in [0.717, 1.165) is 29.4 Å². The van der Waals surface area contributed by atoms with Gasteiger partial charge in [0.25, 0.3) is 0 Å². The first-order chi connectivity index (χ1) is 5.90. The van der Waals surface area contributed by atoms with Crippen LogP contribution in [0, 0.1) is 0 Å². The van der Waals surface area contributed by atoms with E-state index in [0.29, 0.717) is 0 Å². The SMILES string of the molecule is O=Cc1cnc(N2CCCC2)s1. The molecule has 1 aliphatic heterocycles. The normalized spacial score (nSPS) is 16.8. The van der Waals surface area contributed by atoms with E-state index in [1.165, 1.54) is 24.2 Å². The van der Waals surface area contributed by atoms with Gasteiger partial charge in [-0.2, -0.15) is 0 Å². The average molecular weight is 182 g/mol. The van der Waals surface area contributed by atoms with Crippen molar-refractivity contribution in [3.63, 3.8) is 0 Å². The molecule has 0 N–H and O–H groups in total. The summed E-state index contributed by atoms with van der Waals surface area (Å²) >= 11 is 1.48. The Hall–Kier alpha value is -0.900. The predicted molar refractivity (Wildman–Crippen MR) is 48.9 cm³/mol. The standard InChI is InChI=1S/C8H10N2OS/c11-6-7-5-9-8(12-7)10-3-1-2-4-10/h5-6H,1-4H2. The summed E-state index contributed by atoms with van der Waals surface area (Å²) in [4.78, 5) is 17.5. The zero-order chi connectivity index (χ0) is 8.39. The van der Waals surface area contributed by atoms with E-state index in [1.807, 2.05) is 0 Å². The van der Waals surface area contributed by atoms with Crippen LogP contribution < -0.4 is 4.90 Å². The van der Waals surface area contributed by atoms with Crippen molar-refractivity contribution in [2.75, 3.05) is 18.0 Å². The molecule has 0 spiro atoms. The number of anilines is 1. The number of hydrogen-bond donors (Lipinski definition) is 0. The van der Waals surface area contributed by atoms with Gasteiger partial charge in [-0.05, 0) is 12.8 Å². The van der Waals surface area contributed by atoms with Crippen molar-refractivity contribution in [2.45, 2.75) is 12.8 Å². The van der Waals surface area contributed by atoms with Gasteiger partial charge >= 0.3 is 0 Å². The van der Waals surface area contributed by atoms with E-state index in [-0.39, 0.29) is 0 Å². The molecular weight excluding hydrogens is 172 g/mol. The summed E-state index contributed by atoms with van der Waals surface area (Å²) in [7, 11) is 0. The second kappa shape index (κ2) is 3.23. The molecule has 0 aromatic carbocycles. The number of hydrogen-bond acceptors (Lipinski definition) is 4. The second-order valence-electron chi connectivity index (χ2n) is 2.86. The van der Waals surface area contributed by atoms with Gasteiger partial charge in [-0.3, -0.25) is 4.79 Å². The molecule has 0 radical (unpaired) electrons. The zero-order valence-electron chi connectivity index (χ0n) is 6.69. The second-order valence-corrected chi connectivity index (χ2v) is 3.90. The molecule has 1 aromatic rings. The molecule has 1 aliphatic rings. The maximum atomic E-state index is 10.4. The Kier molecular flexibility index (Phi) is 2.08. The van der Waals surface area contributed by atoms with E-state index in [9.17, 15) is 4.79 Å². The maximum absolute atomic E-state index is 10.4. The third-order valence-corrected chi connectivity index (χ3v) is 2.99. The molecule has 2 heterocycles. The van der Waals surface area contributed by atoms with Crippen LogP contribution in [-0.2, 0) is 0 Å². The van der Waals surface area contributed by atoms with Gasteiger partial charge < -0.3 is 4.90 Å². The number of aromatic nitrogens is 1. The summed E-state index contributed by atoms with van der Waals surface area (Å²) in [5, 5.41) is 0.995. The van der Waals surface area contributed by atoms with E-state index < -0.39 is 0 Å². The van der Waals surface area contributed by atoms with Crippen LogP contribution in [0.5, 0.6) is 0 Å². The van der Waals surface area contributed by atoms with Gasteiger partial charge in [-0.1, -0.05) is 11.3 Å². The van der Waals surface area contributed by atoms with Crippen molar-refractivity contribution in [3.05, 3.63) is 11.1 Å². The molecule has 64 valence electrons. The summed E-state index contributed by atoms with van der Waals surface area (Å²) in [5.74, 6) is 0. The minimum Gasteiger partial charge on any atom is -0.348 e. The van der Waals surface area contributed by atoms with Crippen LogP contribution in [0.4, 0.5) is 5.13 Å². The van der Waals surface area contributed by atoms with Crippen molar-refractivity contribution in [3.8, 4) is 0 Å². The molecule has 0 amide bonds. The van der Waals surface area contributed by atoms with Crippen LogP contribution in [0.2, 0.25) is 0 Å². The van der Waals surface area contributed by atoms with Crippen LogP contribution >= 0.6 is 11.3 Å². The molecule has 0 atom stereocenters. The number of thiazole rings is 1. The molecule has 2 rings (SSSR count). The first-order valence-electron chi connectivity index (χ1n) is 4.06. The van der Waals surface area contributed by atoms with E-state index in [4.69, 9.17) is 0 Å². The third kappa shape index (κ3) is 1.34. The minimum absolute atomic E-state index is 0.719. The lowest BCUT2D eigenvalue weighted by atomic mass is 10.4. The van der Waals surface area contributed by atoms with Gasteiger partial charge in [0.1, 0.15) is 0 Å². The minimum atomic E-state index is 0.719. The summed E-state index contributed by atoms with van der Waals surface area (Å²) < 4.78 is 0. The lowest BCUT2D eigenvalue weighted by Crippen LogP contribution is -2.16. The van der Waals surface area contributed by atoms with Gasteiger partial charge in [-0.25, -0.2) is 4.98 Å². The van der Waals surface area contributed by atoms with Gasteiger partial charge in [0, 0.05) is 13.1 Å². The summed E-state index contributed by atoms with van der Waals surface area (Å²) in [5.41, 5.74) is 0. The van der Waals surface area contributed by atoms with Gasteiger partial charge in [0.15, 0.2) is 11.4 Å². The number of carbonyl (C=O) groups is 1. The molecule has 1 saturated heterocycles. The summed E-state index contributed by atoms with van der Waals surface area (Å²) in [6, 6.07) is 0. The predicted octanol–water partition coefficient (Wildman–Crippen LogP) is 1.56. The zero-order valence-corrected chi connectivity index (χ0v) is 7.51. The Labute approximate surface area is 75.0 Å². The number of nitrogens with zero attached hydrogens (tertiary/aromatic N) is 2. The van der Waals surface area contributed by atoms with Crippen molar-refractivity contribution < 1.29 is 4.79 Å². The number of rotatable bonds is 2. The molecule has 12 heavy (non-hydrogen) atoms. The van der Waals surface area contributed by atoms with Gasteiger partial charge in [-0.15, -0.1) is 0 Å². The monoisotopic (exact) mass is 182 g/mol. The van der Waals surface area contributed by atoms with Crippen molar-refractivity contribution in [1.29, 1.82) is 0 Å². The van der Waals surface area contributed by atoms with Crippen LogP contribution in [-0.4, -0.2) is 24.4 Å². The molecule has 3 nitrogen and oxygen atoms in total. The van der Waals surface area contributed by atoms with Crippen LogP contribution in [0.1, 0.15) is 22.5 Å². The molecule has 0 bridgehead atoms. The Balaban J connectivity index is 2.16. The lowest BCUT2D eigenvalue weighted by Gasteiger charge is -2.11. The molecule has 1 aromatic heterocycles. The quantitative estimate of drug-likeness (QED) is 0.651. The third-order valence-electron chi connectivity index (χ3n) is 2.00. The summed E-state index contributed by atoms with van der Waals surface area (Å²) in [6.45, 7) is 2.18. The largest absolute Gasteiger partial charge is 0.348 e. The topological polar surface area (TPSA) is 33.2 Å². The molecular formula is C8H10N2OS. The van der Waals surface area contributed by atoms with E-state index in [2.05, 4.69) is 9.88 Å². The van der Waals surface area contributed by atoms with Gasteiger partial charge in [0.05, 0.1) is 11.1 Å². The highest BCUT2D eigenvalue weighted by molar-refractivity contribution is 7.17. The van der Waals surface area contributed by atoms with E-state index in [1.54, 1.807) is 6.20 Å². The highest BCUT2D eigenvalue weighted by Crippen LogP contribution is 2.24. The first-order valence-corrected chi connectivity index (χ1v) is 4.88. The Morgan fingerprint density at radius 3 is 2.83 bits per heavy atom. The number of aldehydes is 1. The molecule has 0 unspecified atom stereocenters. The van der Waals surface area contributed by atoms with Crippen LogP contribution in [0.25, 0.3) is 0 Å². The highest BCUT2D eigenvalue weighted by atomic mass is 32.1. The lowest BCUT2D eigenvalue weighted by molar-refractivity contribution is 0.112. The first kappa shape index (κ1) is 7.73. The molecule has 4 heteroatoms. The van der Waals surface area contributed by atoms with Crippen molar-refractivity contribution >= 4 is 22.8 Å². The Morgan fingerprint density at radius 1 is 1.50 bits per heavy atom. The number of carbonyl (C=O) groups excluding carboxylic acids is 1. The molecule has 0 aliphatic carbocycles. The van der Waals surface area contributed by atoms with E-state index >= 15 is 0 Å². The van der Waals surface area contributed by atoms with Crippen molar-refractivity contribution in [2.24, 2.45) is 0 Å². The summed E-state index contributed by atoms with van der Waals surface area (Å²) in [6.07, 6.45) is 4.99.